The van der Waals surface area contributed by atoms with E-state index in [-0.39, 0.29) is 23.2 Å². The average Bonchev–Trinajstić information content (AvgIpc) is 2.37. The van der Waals surface area contributed by atoms with Crippen LogP contribution in [0.5, 0.6) is 5.75 Å². The molecule has 0 bridgehead atoms. The molecule has 1 aromatic carbocycles. The van der Waals surface area contributed by atoms with Crippen molar-refractivity contribution in [3.05, 3.63) is 28.2 Å². The Kier molecular flexibility index (Phi) is 8.37. The molecule has 0 amide bonds. The molecule has 0 aliphatic carbocycles. The Morgan fingerprint density at radius 2 is 1.58 bits per heavy atom. The quantitative estimate of drug-likeness (QED) is 0.546. The molecular weight excluding hydrogens is 349 g/mol. The molecule has 1 aromatic rings. The Hall–Kier alpha value is 0.0400. The van der Waals surface area contributed by atoms with Crippen molar-refractivity contribution in [3.8, 4) is 5.75 Å². The molecule has 0 aromatic heterocycles. The first kappa shape index (κ1) is 19.0. The summed E-state index contributed by atoms with van der Waals surface area (Å²) in [5, 5.41) is 1.09. The van der Waals surface area contributed by atoms with Crippen LogP contribution < -0.4 is 21.7 Å². The normalized spacial score (nSPS) is 12.7. The van der Waals surface area contributed by atoms with E-state index < -0.39 is 0 Å². The summed E-state index contributed by atoms with van der Waals surface area (Å²) in [4.78, 5) is 0. The van der Waals surface area contributed by atoms with E-state index in [4.69, 9.17) is 27.9 Å². The van der Waals surface area contributed by atoms with Gasteiger partial charge in [0.2, 0.25) is 6.23 Å². The Balaban J connectivity index is 0.00000324. The van der Waals surface area contributed by atoms with Crippen molar-refractivity contribution < 1.29 is 26.2 Å². The highest BCUT2D eigenvalue weighted by Crippen LogP contribution is 2.28. The van der Waals surface area contributed by atoms with Gasteiger partial charge in [-0.1, -0.05) is 23.2 Å². The zero-order valence-electron chi connectivity index (χ0n) is 11.9. The Labute approximate surface area is 137 Å². The second kappa shape index (κ2) is 8.35. The zero-order valence-corrected chi connectivity index (χ0v) is 15.0. The fraction of sp³-hybridized carbons (Fsp3) is 0.571. The maximum Gasteiger partial charge on any atom is 0.230 e. The van der Waals surface area contributed by atoms with Crippen LogP contribution in [0.15, 0.2) is 18.2 Å². The van der Waals surface area contributed by atoms with Crippen molar-refractivity contribution in [1.82, 2.24) is 0 Å². The lowest BCUT2D eigenvalue weighted by molar-refractivity contribution is -0.961. The van der Waals surface area contributed by atoms with E-state index in [0.717, 1.165) is 29.9 Å². The van der Waals surface area contributed by atoms with Crippen molar-refractivity contribution in [2.24, 2.45) is 0 Å². The number of nitrogens with zero attached hydrogens (tertiary/aromatic N) is 1. The molecule has 0 heterocycles. The van der Waals surface area contributed by atoms with Gasteiger partial charge in [0.05, 0.1) is 29.7 Å². The third kappa shape index (κ3) is 4.52. The Morgan fingerprint density at radius 1 is 1.05 bits per heavy atom. The number of halogens is 3. The molecule has 1 rings (SSSR count). The minimum atomic E-state index is 0. The second-order valence-electron chi connectivity index (χ2n) is 4.46. The van der Waals surface area contributed by atoms with Gasteiger partial charge < -0.3 is 21.7 Å². The Bertz CT molecular complexity index is 389. The highest BCUT2D eigenvalue weighted by atomic mass is 79.9. The van der Waals surface area contributed by atoms with Crippen molar-refractivity contribution in [1.29, 1.82) is 0 Å². The van der Waals surface area contributed by atoms with Crippen LogP contribution in [0.4, 0.5) is 0 Å². The van der Waals surface area contributed by atoms with E-state index in [1.165, 1.54) is 0 Å². The van der Waals surface area contributed by atoms with Crippen LogP contribution in [0.25, 0.3) is 0 Å². The molecule has 0 aliphatic heterocycles. The number of quaternary nitrogens is 1. The molecule has 0 fully saturated rings. The zero-order chi connectivity index (χ0) is 13.8. The third-order valence-electron chi connectivity index (χ3n) is 3.86. The van der Waals surface area contributed by atoms with Gasteiger partial charge >= 0.3 is 0 Å². The lowest BCUT2D eigenvalue weighted by Gasteiger charge is -2.40. The molecule has 0 saturated heterocycles. The molecule has 1 unspecified atom stereocenters. The van der Waals surface area contributed by atoms with Gasteiger partial charge in [0.1, 0.15) is 5.75 Å². The number of hydrogen-bond acceptors (Lipinski definition) is 1. The second-order valence-corrected chi connectivity index (χ2v) is 5.27. The van der Waals surface area contributed by atoms with E-state index >= 15 is 0 Å². The van der Waals surface area contributed by atoms with Gasteiger partial charge in [-0.2, -0.15) is 0 Å². The summed E-state index contributed by atoms with van der Waals surface area (Å²) >= 11 is 11.9. The van der Waals surface area contributed by atoms with Gasteiger partial charge in [0.15, 0.2) is 0 Å². The summed E-state index contributed by atoms with van der Waals surface area (Å²) in [6.07, 6.45) is 0.0993. The topological polar surface area (TPSA) is 9.23 Å². The third-order valence-corrected chi connectivity index (χ3v) is 4.60. The first-order chi connectivity index (χ1) is 8.49. The Morgan fingerprint density at radius 3 is 2.00 bits per heavy atom. The van der Waals surface area contributed by atoms with Gasteiger partial charge in [-0.25, -0.2) is 0 Å². The molecule has 19 heavy (non-hydrogen) atoms. The highest BCUT2D eigenvalue weighted by Gasteiger charge is 2.30. The monoisotopic (exact) mass is 369 g/mol. The predicted molar refractivity (Wildman–Crippen MR) is 78.4 cm³/mol. The van der Waals surface area contributed by atoms with Crippen LogP contribution in [-0.4, -0.2) is 30.3 Å². The average molecular weight is 371 g/mol. The van der Waals surface area contributed by atoms with Crippen molar-refractivity contribution in [2.45, 2.75) is 33.9 Å². The summed E-state index contributed by atoms with van der Waals surface area (Å²) in [6, 6.07) is 5.40. The molecule has 1 atom stereocenters. The molecule has 5 heteroatoms. The largest absolute Gasteiger partial charge is 1.00 e. The molecule has 0 radical (unpaired) electrons. The number of rotatable bonds is 6. The summed E-state index contributed by atoms with van der Waals surface area (Å²) < 4.78 is 6.95. The van der Waals surface area contributed by atoms with Gasteiger partial charge in [-0.05, 0) is 32.9 Å². The maximum absolute atomic E-state index is 6.02. The maximum atomic E-state index is 6.02. The highest BCUT2D eigenvalue weighted by molar-refractivity contribution is 6.42. The fourth-order valence-electron chi connectivity index (χ4n) is 2.30. The van der Waals surface area contributed by atoms with Crippen LogP contribution in [0.3, 0.4) is 0 Å². The summed E-state index contributed by atoms with van der Waals surface area (Å²) in [5.41, 5.74) is 0. The van der Waals surface area contributed by atoms with Crippen molar-refractivity contribution >= 4 is 23.2 Å². The molecule has 0 saturated carbocycles. The van der Waals surface area contributed by atoms with Crippen molar-refractivity contribution in [3.63, 3.8) is 0 Å². The lowest BCUT2D eigenvalue weighted by atomic mass is 10.3. The van der Waals surface area contributed by atoms with Crippen LogP contribution in [0, 0.1) is 0 Å². The first-order valence-electron chi connectivity index (χ1n) is 6.46. The standard InChI is InChI=1S/C14H22Cl2NO.BrH/c1-5-17(6-2,7-3)11(4)18-12-8-9-13(15)14(16)10-12;/h8-11H,5-7H2,1-4H3;1H/q+1;/p-1. The van der Waals surface area contributed by atoms with E-state index in [0.29, 0.717) is 10.0 Å². The molecule has 0 spiro atoms. The van der Waals surface area contributed by atoms with E-state index in [2.05, 4.69) is 27.7 Å². The van der Waals surface area contributed by atoms with E-state index in [1.807, 2.05) is 6.07 Å². The SMILES string of the molecule is CC[N+](CC)(CC)C(C)Oc1ccc(Cl)c(Cl)c1.[Br-]. The minimum Gasteiger partial charge on any atom is -1.00 e. The van der Waals surface area contributed by atoms with Crippen LogP contribution in [0.2, 0.25) is 10.0 Å². The van der Waals surface area contributed by atoms with E-state index in [9.17, 15) is 0 Å². The summed E-state index contributed by atoms with van der Waals surface area (Å²) in [5.74, 6) is 0.773. The van der Waals surface area contributed by atoms with Crippen LogP contribution in [-0.2, 0) is 0 Å². The molecular formula is C14H22BrCl2NO. The number of benzene rings is 1. The van der Waals surface area contributed by atoms with Crippen molar-refractivity contribution in [2.75, 3.05) is 19.6 Å². The molecule has 2 nitrogen and oxygen atoms in total. The first-order valence-corrected chi connectivity index (χ1v) is 7.22. The summed E-state index contributed by atoms with van der Waals surface area (Å²) in [7, 11) is 0. The van der Waals surface area contributed by atoms with Gasteiger partial charge in [-0.15, -0.1) is 0 Å². The summed E-state index contributed by atoms with van der Waals surface area (Å²) in [6.45, 7) is 11.9. The molecule has 0 N–H and O–H groups in total. The number of ether oxygens (including phenoxy) is 1. The fourth-order valence-corrected chi connectivity index (χ4v) is 2.59. The predicted octanol–water partition coefficient (Wildman–Crippen LogP) is 1.60. The van der Waals surface area contributed by atoms with Gasteiger partial charge in [-0.3, -0.25) is 4.48 Å². The lowest BCUT2D eigenvalue weighted by Crippen LogP contribution is -3.00. The molecule has 110 valence electrons. The number of hydrogen-bond donors (Lipinski definition) is 0. The van der Waals surface area contributed by atoms with Gasteiger partial charge in [0.25, 0.3) is 0 Å². The smallest absolute Gasteiger partial charge is 0.230 e. The van der Waals surface area contributed by atoms with Crippen LogP contribution in [0.1, 0.15) is 27.7 Å². The van der Waals surface area contributed by atoms with Gasteiger partial charge in [0, 0.05) is 13.0 Å². The molecule has 0 aliphatic rings. The minimum absolute atomic E-state index is 0. The van der Waals surface area contributed by atoms with E-state index in [1.54, 1.807) is 12.1 Å². The van der Waals surface area contributed by atoms with Crippen LogP contribution >= 0.6 is 23.2 Å².